The average Bonchev–Trinajstić information content (AvgIpc) is 2.79. The Morgan fingerprint density at radius 1 is 0.935 bits per heavy atom. The summed E-state index contributed by atoms with van der Waals surface area (Å²) < 4.78 is 0. The highest BCUT2D eigenvalue weighted by molar-refractivity contribution is 8.02. The van der Waals surface area contributed by atoms with Crippen LogP contribution in [0.5, 0.6) is 0 Å². The smallest absolute Gasteiger partial charge is 0.233 e. The SMILES string of the molecule is Cc1cccc(Sc2nccnc2SCC(=O)N2CCN(c3ccccc3C)CC2)c1. The lowest BCUT2D eigenvalue weighted by atomic mass is 10.1. The zero-order valence-corrected chi connectivity index (χ0v) is 19.5. The lowest BCUT2D eigenvalue weighted by Crippen LogP contribution is -2.49. The topological polar surface area (TPSA) is 49.3 Å². The number of aromatic nitrogens is 2. The number of benzene rings is 2. The number of carbonyl (C=O) groups excluding carboxylic acids is 1. The predicted octanol–water partition coefficient (Wildman–Crippen LogP) is 4.69. The summed E-state index contributed by atoms with van der Waals surface area (Å²) in [5.41, 5.74) is 3.75. The van der Waals surface area contributed by atoms with Gasteiger partial charge in [0.15, 0.2) is 0 Å². The number of hydrogen-bond acceptors (Lipinski definition) is 6. The maximum atomic E-state index is 12.8. The second-order valence-electron chi connectivity index (χ2n) is 7.53. The van der Waals surface area contributed by atoms with Gasteiger partial charge in [0.1, 0.15) is 10.1 Å². The van der Waals surface area contributed by atoms with Crippen LogP contribution >= 0.6 is 23.5 Å². The third kappa shape index (κ3) is 5.60. The van der Waals surface area contributed by atoms with E-state index >= 15 is 0 Å². The van der Waals surface area contributed by atoms with Crippen molar-refractivity contribution >= 4 is 35.1 Å². The Morgan fingerprint density at radius 2 is 1.68 bits per heavy atom. The van der Waals surface area contributed by atoms with E-state index in [0.717, 1.165) is 41.1 Å². The molecule has 31 heavy (non-hydrogen) atoms. The standard InChI is InChI=1S/C24H26N4OS2/c1-18-6-5-8-20(16-18)31-24-23(25-10-11-26-24)30-17-22(29)28-14-12-27(13-15-28)21-9-4-3-7-19(21)2/h3-11,16H,12-15,17H2,1-2H3. The Hall–Kier alpha value is -2.51. The van der Waals surface area contributed by atoms with E-state index < -0.39 is 0 Å². The number of anilines is 1. The van der Waals surface area contributed by atoms with E-state index in [2.05, 4.69) is 71.2 Å². The fourth-order valence-electron chi connectivity index (χ4n) is 3.61. The molecule has 0 spiro atoms. The maximum Gasteiger partial charge on any atom is 0.233 e. The lowest BCUT2D eigenvalue weighted by molar-refractivity contribution is -0.128. The van der Waals surface area contributed by atoms with Crippen molar-refractivity contribution in [2.45, 2.75) is 28.8 Å². The summed E-state index contributed by atoms with van der Waals surface area (Å²) in [5, 5.41) is 1.65. The van der Waals surface area contributed by atoms with Crippen molar-refractivity contribution < 1.29 is 4.79 Å². The van der Waals surface area contributed by atoms with Gasteiger partial charge < -0.3 is 9.80 Å². The normalized spacial score (nSPS) is 14.0. The van der Waals surface area contributed by atoms with Crippen LogP contribution in [0.25, 0.3) is 0 Å². The summed E-state index contributed by atoms with van der Waals surface area (Å²) >= 11 is 3.06. The third-order valence-corrected chi connectivity index (χ3v) is 7.33. The molecule has 0 aliphatic carbocycles. The lowest BCUT2D eigenvalue weighted by Gasteiger charge is -2.36. The van der Waals surface area contributed by atoms with Crippen LogP contribution in [0, 0.1) is 13.8 Å². The number of nitrogens with zero attached hydrogens (tertiary/aromatic N) is 4. The van der Waals surface area contributed by atoms with Crippen molar-refractivity contribution in [3.63, 3.8) is 0 Å². The van der Waals surface area contributed by atoms with Crippen LogP contribution in [0.2, 0.25) is 0 Å². The number of para-hydroxylation sites is 1. The molecule has 0 saturated carbocycles. The van der Waals surface area contributed by atoms with Gasteiger partial charge in [-0.1, -0.05) is 59.4 Å². The summed E-state index contributed by atoms with van der Waals surface area (Å²) in [6.45, 7) is 7.44. The van der Waals surface area contributed by atoms with E-state index in [1.165, 1.54) is 28.6 Å². The predicted molar refractivity (Wildman–Crippen MR) is 128 cm³/mol. The molecule has 0 N–H and O–H groups in total. The van der Waals surface area contributed by atoms with Gasteiger partial charge in [0.25, 0.3) is 0 Å². The van der Waals surface area contributed by atoms with Crippen LogP contribution in [0.1, 0.15) is 11.1 Å². The summed E-state index contributed by atoms with van der Waals surface area (Å²) in [5.74, 6) is 0.538. The van der Waals surface area contributed by atoms with E-state index in [1.54, 1.807) is 24.2 Å². The molecule has 1 fully saturated rings. The summed E-state index contributed by atoms with van der Waals surface area (Å²) in [6, 6.07) is 16.8. The molecular formula is C24H26N4OS2. The fraction of sp³-hybridized carbons (Fsp3) is 0.292. The summed E-state index contributed by atoms with van der Waals surface area (Å²) in [4.78, 5) is 27.3. The molecule has 0 unspecified atom stereocenters. The number of aryl methyl sites for hydroxylation is 2. The van der Waals surface area contributed by atoms with Crippen LogP contribution in [0.4, 0.5) is 5.69 Å². The third-order valence-electron chi connectivity index (χ3n) is 5.26. The number of rotatable bonds is 6. The number of carbonyl (C=O) groups is 1. The van der Waals surface area contributed by atoms with Crippen LogP contribution in [-0.4, -0.2) is 52.7 Å². The first-order valence-electron chi connectivity index (χ1n) is 10.4. The zero-order chi connectivity index (χ0) is 21.6. The summed E-state index contributed by atoms with van der Waals surface area (Å²) in [6.07, 6.45) is 3.39. The summed E-state index contributed by atoms with van der Waals surface area (Å²) in [7, 11) is 0. The van der Waals surface area contributed by atoms with E-state index in [1.807, 2.05) is 11.0 Å². The fourth-order valence-corrected chi connectivity index (χ4v) is 5.53. The van der Waals surface area contributed by atoms with Crippen molar-refractivity contribution in [2.24, 2.45) is 0 Å². The van der Waals surface area contributed by atoms with E-state index in [0.29, 0.717) is 5.75 Å². The molecule has 4 rings (SSSR count). The van der Waals surface area contributed by atoms with Crippen LogP contribution < -0.4 is 4.90 Å². The molecule has 3 aromatic rings. The second-order valence-corrected chi connectivity index (χ2v) is 9.55. The average molecular weight is 451 g/mol. The van der Waals surface area contributed by atoms with Crippen molar-refractivity contribution in [2.75, 3.05) is 36.8 Å². The minimum atomic E-state index is 0.159. The molecule has 1 saturated heterocycles. The van der Waals surface area contributed by atoms with E-state index in [9.17, 15) is 4.79 Å². The molecule has 7 heteroatoms. The largest absolute Gasteiger partial charge is 0.368 e. The van der Waals surface area contributed by atoms with Gasteiger partial charge in [0, 0.05) is 49.2 Å². The van der Waals surface area contributed by atoms with E-state index in [4.69, 9.17) is 0 Å². The molecule has 5 nitrogen and oxygen atoms in total. The molecule has 1 aliphatic heterocycles. The highest BCUT2D eigenvalue weighted by atomic mass is 32.2. The molecule has 0 radical (unpaired) electrons. The number of thioether (sulfide) groups is 1. The van der Waals surface area contributed by atoms with Gasteiger partial charge in [0.2, 0.25) is 5.91 Å². The number of piperazine rings is 1. The molecule has 2 aromatic carbocycles. The molecule has 1 amide bonds. The Labute approximate surface area is 192 Å². The maximum absolute atomic E-state index is 12.8. The second kappa shape index (κ2) is 10.2. The minimum Gasteiger partial charge on any atom is -0.368 e. The Balaban J connectivity index is 1.33. The molecule has 1 aliphatic rings. The van der Waals surface area contributed by atoms with Crippen LogP contribution in [-0.2, 0) is 4.79 Å². The molecular weight excluding hydrogens is 424 g/mol. The van der Waals surface area contributed by atoms with Crippen molar-refractivity contribution in [3.05, 3.63) is 72.1 Å². The first-order chi connectivity index (χ1) is 15.1. The van der Waals surface area contributed by atoms with Gasteiger partial charge in [-0.25, -0.2) is 9.97 Å². The van der Waals surface area contributed by atoms with Crippen LogP contribution in [0.15, 0.2) is 75.9 Å². The number of amides is 1. The van der Waals surface area contributed by atoms with Gasteiger partial charge in [-0.3, -0.25) is 4.79 Å². The molecule has 1 aromatic heterocycles. The first kappa shape index (κ1) is 21.7. The first-order valence-corrected chi connectivity index (χ1v) is 12.2. The highest BCUT2D eigenvalue weighted by Crippen LogP contribution is 2.33. The van der Waals surface area contributed by atoms with Gasteiger partial charge in [-0.15, -0.1) is 0 Å². The molecule has 2 heterocycles. The van der Waals surface area contributed by atoms with E-state index in [-0.39, 0.29) is 5.91 Å². The monoisotopic (exact) mass is 450 g/mol. The molecule has 0 bridgehead atoms. The van der Waals surface area contributed by atoms with Crippen LogP contribution in [0.3, 0.4) is 0 Å². The van der Waals surface area contributed by atoms with Gasteiger partial charge in [0.05, 0.1) is 5.75 Å². The van der Waals surface area contributed by atoms with Crippen molar-refractivity contribution in [1.82, 2.24) is 14.9 Å². The van der Waals surface area contributed by atoms with Gasteiger partial charge >= 0.3 is 0 Å². The molecule has 160 valence electrons. The minimum absolute atomic E-state index is 0.159. The Morgan fingerprint density at radius 3 is 2.42 bits per heavy atom. The zero-order valence-electron chi connectivity index (χ0n) is 17.8. The Bertz CT molecular complexity index is 1050. The van der Waals surface area contributed by atoms with Crippen molar-refractivity contribution in [3.8, 4) is 0 Å². The quantitative estimate of drug-likeness (QED) is 0.508. The van der Waals surface area contributed by atoms with Gasteiger partial charge in [-0.05, 0) is 37.6 Å². The highest BCUT2D eigenvalue weighted by Gasteiger charge is 2.22. The van der Waals surface area contributed by atoms with Crippen molar-refractivity contribution in [1.29, 1.82) is 0 Å². The number of hydrogen-bond donors (Lipinski definition) is 0. The molecule has 0 atom stereocenters. The Kier molecular flexibility index (Phi) is 7.14. The van der Waals surface area contributed by atoms with Gasteiger partial charge in [-0.2, -0.15) is 0 Å².